The quantitative estimate of drug-likeness (QED) is 0.627. The van der Waals surface area contributed by atoms with E-state index in [1.807, 2.05) is 6.07 Å². The van der Waals surface area contributed by atoms with E-state index < -0.39 is 5.97 Å². The molecule has 0 bridgehead atoms. The minimum absolute atomic E-state index is 0.0481. The Bertz CT molecular complexity index is 749. The lowest BCUT2D eigenvalue weighted by atomic mass is 10.1. The molecule has 0 N–H and O–H groups in total. The van der Waals surface area contributed by atoms with Gasteiger partial charge in [0.2, 0.25) is 0 Å². The first-order valence-electron chi connectivity index (χ1n) is 6.11. The van der Waals surface area contributed by atoms with Crippen LogP contribution in [-0.2, 0) is 16.1 Å². The lowest BCUT2D eigenvalue weighted by Crippen LogP contribution is -2.01. The third-order valence-corrected chi connectivity index (χ3v) is 2.58. The highest BCUT2D eigenvalue weighted by molar-refractivity contribution is 5.89. The molecule has 0 unspecified atom stereocenters. The molecule has 0 amide bonds. The topological polar surface area (TPSA) is 50.1 Å². The van der Waals surface area contributed by atoms with Gasteiger partial charge in [0.05, 0.1) is 11.6 Å². The van der Waals surface area contributed by atoms with Gasteiger partial charge in [-0.25, -0.2) is 9.18 Å². The Kier molecular flexibility index (Phi) is 4.69. The van der Waals surface area contributed by atoms with E-state index in [9.17, 15) is 9.18 Å². The van der Waals surface area contributed by atoms with E-state index in [4.69, 9.17) is 10.00 Å². The molecule has 2 aromatic rings. The number of esters is 1. The molecular formula is C17H10FNO2. The Hall–Kier alpha value is -3.11. The van der Waals surface area contributed by atoms with Gasteiger partial charge in [0.1, 0.15) is 12.4 Å². The predicted molar refractivity (Wildman–Crippen MR) is 74.2 cm³/mol. The van der Waals surface area contributed by atoms with Crippen LogP contribution in [0.4, 0.5) is 4.39 Å². The van der Waals surface area contributed by atoms with Crippen LogP contribution in [0, 0.1) is 29.0 Å². The Morgan fingerprint density at radius 1 is 1.14 bits per heavy atom. The summed E-state index contributed by atoms with van der Waals surface area (Å²) in [5, 5.41) is 8.76. The molecule has 0 saturated carbocycles. The average molecular weight is 279 g/mol. The standard InChI is InChI=1S/C17H10FNO2/c18-16-7-4-13(5-8-16)6-9-17(20)21-12-15-3-1-2-14(10-15)11-19/h1-5,7-8,10H,12H2. The molecule has 4 heteroatoms. The number of carbonyl (C=O) groups excluding carboxylic acids is 1. The number of carbonyl (C=O) groups is 1. The van der Waals surface area contributed by atoms with Crippen molar-refractivity contribution in [1.82, 2.24) is 0 Å². The summed E-state index contributed by atoms with van der Waals surface area (Å²) in [5.41, 5.74) is 1.74. The van der Waals surface area contributed by atoms with Crippen molar-refractivity contribution in [3.8, 4) is 17.9 Å². The highest BCUT2D eigenvalue weighted by Crippen LogP contribution is 2.05. The van der Waals surface area contributed by atoms with Gasteiger partial charge in [-0.15, -0.1) is 0 Å². The summed E-state index contributed by atoms with van der Waals surface area (Å²) in [5.74, 6) is 3.87. The van der Waals surface area contributed by atoms with Gasteiger partial charge in [0, 0.05) is 11.5 Å². The van der Waals surface area contributed by atoms with Crippen LogP contribution in [0.5, 0.6) is 0 Å². The van der Waals surface area contributed by atoms with Crippen LogP contribution < -0.4 is 0 Å². The van der Waals surface area contributed by atoms with Crippen LogP contribution in [0.1, 0.15) is 16.7 Å². The molecule has 0 aromatic heterocycles. The minimum Gasteiger partial charge on any atom is -0.451 e. The molecule has 2 aromatic carbocycles. The zero-order valence-electron chi connectivity index (χ0n) is 11.0. The third kappa shape index (κ3) is 4.49. The fourth-order valence-corrected chi connectivity index (χ4v) is 1.57. The number of hydrogen-bond acceptors (Lipinski definition) is 3. The summed E-state index contributed by atoms with van der Waals surface area (Å²) in [6.45, 7) is 0.0481. The molecule has 0 fully saturated rings. The van der Waals surface area contributed by atoms with E-state index in [0.717, 1.165) is 0 Å². The van der Waals surface area contributed by atoms with Crippen molar-refractivity contribution in [2.24, 2.45) is 0 Å². The SMILES string of the molecule is N#Cc1cccc(COC(=O)C#Cc2ccc(F)cc2)c1. The van der Waals surface area contributed by atoms with Crippen molar-refractivity contribution in [2.45, 2.75) is 6.61 Å². The normalized spacial score (nSPS) is 9.14. The number of ether oxygens (including phenoxy) is 1. The lowest BCUT2D eigenvalue weighted by Gasteiger charge is -2.01. The second kappa shape index (κ2) is 6.88. The Morgan fingerprint density at radius 2 is 1.90 bits per heavy atom. The van der Waals surface area contributed by atoms with Crippen LogP contribution in [0.3, 0.4) is 0 Å². The molecule has 0 spiro atoms. The van der Waals surface area contributed by atoms with Crippen LogP contribution in [0.15, 0.2) is 48.5 Å². The molecule has 0 aliphatic rings. The predicted octanol–water partition coefficient (Wildman–Crippen LogP) is 2.79. The van der Waals surface area contributed by atoms with Crippen LogP contribution in [0.25, 0.3) is 0 Å². The Balaban J connectivity index is 1.93. The maximum absolute atomic E-state index is 12.7. The van der Waals surface area contributed by atoms with Gasteiger partial charge in [-0.05, 0) is 42.0 Å². The van der Waals surface area contributed by atoms with Gasteiger partial charge in [-0.2, -0.15) is 5.26 Å². The molecule has 102 valence electrons. The highest BCUT2D eigenvalue weighted by atomic mass is 19.1. The zero-order chi connectivity index (χ0) is 15.1. The summed E-state index contributed by atoms with van der Waals surface area (Å²) in [4.78, 5) is 11.5. The molecule has 0 aliphatic heterocycles. The van der Waals surface area contributed by atoms with Gasteiger partial charge in [-0.1, -0.05) is 18.1 Å². The smallest absolute Gasteiger partial charge is 0.385 e. The molecule has 21 heavy (non-hydrogen) atoms. The second-order valence-corrected chi connectivity index (χ2v) is 4.15. The summed E-state index contributed by atoms with van der Waals surface area (Å²) in [7, 11) is 0. The average Bonchev–Trinajstić information content (AvgIpc) is 2.52. The van der Waals surface area contributed by atoms with Crippen molar-refractivity contribution in [3.05, 3.63) is 71.0 Å². The molecule has 0 aliphatic carbocycles. The van der Waals surface area contributed by atoms with Crippen LogP contribution in [-0.4, -0.2) is 5.97 Å². The van der Waals surface area contributed by atoms with E-state index in [-0.39, 0.29) is 12.4 Å². The first-order chi connectivity index (χ1) is 10.2. The highest BCUT2D eigenvalue weighted by Gasteiger charge is 2.00. The molecular weight excluding hydrogens is 269 g/mol. The van der Waals surface area contributed by atoms with Crippen LogP contribution >= 0.6 is 0 Å². The molecule has 3 nitrogen and oxygen atoms in total. The first kappa shape index (κ1) is 14.3. The van der Waals surface area contributed by atoms with Gasteiger partial charge < -0.3 is 4.74 Å². The molecule has 0 heterocycles. The lowest BCUT2D eigenvalue weighted by molar-refractivity contribution is -0.137. The van der Waals surface area contributed by atoms with Gasteiger partial charge in [-0.3, -0.25) is 0 Å². The molecule has 2 rings (SSSR count). The van der Waals surface area contributed by atoms with Gasteiger partial charge in [0.25, 0.3) is 0 Å². The van der Waals surface area contributed by atoms with Crippen molar-refractivity contribution in [3.63, 3.8) is 0 Å². The Labute approximate surface area is 121 Å². The largest absolute Gasteiger partial charge is 0.451 e. The fraction of sp³-hybridized carbons (Fsp3) is 0.0588. The third-order valence-electron chi connectivity index (χ3n) is 2.58. The number of benzene rings is 2. The summed E-state index contributed by atoms with van der Waals surface area (Å²) >= 11 is 0. The maximum atomic E-state index is 12.7. The van der Waals surface area contributed by atoms with E-state index in [0.29, 0.717) is 16.7 Å². The maximum Gasteiger partial charge on any atom is 0.385 e. The number of halogens is 1. The number of rotatable bonds is 2. The molecule has 0 atom stereocenters. The number of hydrogen-bond donors (Lipinski definition) is 0. The van der Waals surface area contributed by atoms with E-state index >= 15 is 0 Å². The Morgan fingerprint density at radius 3 is 2.62 bits per heavy atom. The summed E-state index contributed by atoms with van der Waals surface area (Å²) in [6.07, 6.45) is 0. The van der Waals surface area contributed by atoms with E-state index in [1.54, 1.807) is 24.3 Å². The molecule has 0 radical (unpaired) electrons. The van der Waals surface area contributed by atoms with Crippen molar-refractivity contribution < 1.29 is 13.9 Å². The molecule has 0 saturated heterocycles. The monoisotopic (exact) mass is 279 g/mol. The van der Waals surface area contributed by atoms with Gasteiger partial charge >= 0.3 is 5.97 Å². The zero-order valence-corrected chi connectivity index (χ0v) is 11.0. The van der Waals surface area contributed by atoms with Crippen molar-refractivity contribution in [1.29, 1.82) is 5.26 Å². The number of nitriles is 1. The number of nitrogens with zero attached hydrogens (tertiary/aromatic N) is 1. The van der Waals surface area contributed by atoms with E-state index in [2.05, 4.69) is 11.8 Å². The minimum atomic E-state index is -0.679. The van der Waals surface area contributed by atoms with Crippen LogP contribution in [0.2, 0.25) is 0 Å². The van der Waals surface area contributed by atoms with Gasteiger partial charge in [0.15, 0.2) is 0 Å². The van der Waals surface area contributed by atoms with Crippen molar-refractivity contribution in [2.75, 3.05) is 0 Å². The van der Waals surface area contributed by atoms with E-state index in [1.165, 1.54) is 24.3 Å². The second-order valence-electron chi connectivity index (χ2n) is 4.15. The first-order valence-corrected chi connectivity index (χ1v) is 6.11. The summed E-state index contributed by atoms with van der Waals surface area (Å²) in [6, 6.07) is 14.3. The van der Waals surface area contributed by atoms with Crippen molar-refractivity contribution >= 4 is 5.97 Å². The summed E-state index contributed by atoms with van der Waals surface area (Å²) < 4.78 is 17.7. The fourth-order valence-electron chi connectivity index (χ4n) is 1.57.